The molecule has 1 aromatic heterocycles. The molecule has 0 aliphatic carbocycles. The van der Waals surface area contributed by atoms with Crippen molar-refractivity contribution >= 4 is 11.8 Å². The molecule has 0 aliphatic heterocycles. The van der Waals surface area contributed by atoms with E-state index < -0.39 is 17.7 Å². The Labute approximate surface area is 252 Å². The van der Waals surface area contributed by atoms with Crippen molar-refractivity contribution in [1.29, 1.82) is 0 Å². The molecule has 5 N–H and O–H groups in total. The molecule has 0 saturated heterocycles. The van der Waals surface area contributed by atoms with Gasteiger partial charge in [-0.05, 0) is 67.5 Å². The lowest BCUT2D eigenvalue weighted by atomic mass is 9.98. The van der Waals surface area contributed by atoms with E-state index in [1.807, 2.05) is 80.6 Å². The average molecular weight is 584 g/mol. The number of carbonyl (C=O) groups is 2. The molecule has 4 aromatic rings. The summed E-state index contributed by atoms with van der Waals surface area (Å²) in [7, 11) is 0. The summed E-state index contributed by atoms with van der Waals surface area (Å²) in [4.78, 5) is 26.3. The molecule has 1 heterocycles. The summed E-state index contributed by atoms with van der Waals surface area (Å²) in [6.07, 6.45) is 1.73. The largest absolute Gasteiger partial charge is 0.392 e. The topological polar surface area (TPSA) is 145 Å². The average Bonchev–Trinajstić information content (AvgIpc) is 3.54. The summed E-state index contributed by atoms with van der Waals surface area (Å²) in [6.45, 7) is 6.22. The van der Waals surface area contributed by atoms with Gasteiger partial charge in [-0.2, -0.15) is 5.21 Å². The number of amides is 2. The van der Waals surface area contributed by atoms with Gasteiger partial charge in [0.15, 0.2) is 0 Å². The van der Waals surface area contributed by atoms with Gasteiger partial charge in [0.2, 0.25) is 17.6 Å². The van der Waals surface area contributed by atoms with Crippen LogP contribution in [0.5, 0.6) is 0 Å². The van der Waals surface area contributed by atoms with Crippen LogP contribution in [0, 0.1) is 0 Å². The molecule has 0 spiro atoms. The highest BCUT2D eigenvalue weighted by Crippen LogP contribution is 2.29. The van der Waals surface area contributed by atoms with E-state index in [1.165, 1.54) is 5.56 Å². The van der Waals surface area contributed by atoms with Gasteiger partial charge in [-0.3, -0.25) is 9.59 Å². The molecule has 0 fully saturated rings. The van der Waals surface area contributed by atoms with Crippen LogP contribution in [0.4, 0.5) is 0 Å². The first kappa shape index (κ1) is 31.5. The number of aliphatic hydroxyl groups is 1. The SMILES string of the molecule is CC(O)CNC(C)(C)CC(=O)NC(CCCc1ccccc1)C(=O)NCc1ccc(-c2ccccc2-c2nn[nH]n2)cc1. The third-order valence-electron chi connectivity index (χ3n) is 7.18. The normalized spacial score (nSPS) is 12.8. The first-order valence-corrected chi connectivity index (χ1v) is 14.7. The number of hydrogen-bond acceptors (Lipinski definition) is 7. The van der Waals surface area contributed by atoms with Gasteiger partial charge in [0.25, 0.3) is 0 Å². The Kier molecular flexibility index (Phi) is 11.1. The number of aromatic amines is 1. The maximum absolute atomic E-state index is 13.3. The summed E-state index contributed by atoms with van der Waals surface area (Å²) in [5.74, 6) is 0.0877. The fourth-order valence-corrected chi connectivity index (χ4v) is 4.88. The van der Waals surface area contributed by atoms with Crippen molar-refractivity contribution in [3.05, 3.63) is 90.0 Å². The van der Waals surface area contributed by atoms with Crippen molar-refractivity contribution in [2.45, 2.75) is 70.7 Å². The van der Waals surface area contributed by atoms with E-state index in [9.17, 15) is 14.7 Å². The van der Waals surface area contributed by atoms with E-state index in [2.05, 4.69) is 48.7 Å². The number of nitrogens with zero attached hydrogens (tertiary/aromatic N) is 3. The fraction of sp³-hybridized carbons (Fsp3) is 0.364. The van der Waals surface area contributed by atoms with Gasteiger partial charge < -0.3 is 21.1 Å². The van der Waals surface area contributed by atoms with Gasteiger partial charge in [0.05, 0.1) is 6.10 Å². The van der Waals surface area contributed by atoms with Crippen molar-refractivity contribution in [2.75, 3.05) is 6.54 Å². The standard InChI is InChI=1S/C33H41N7O3/c1-23(41)21-35-33(2,3)20-30(42)36-29(15-9-12-24-10-5-4-6-11-24)32(43)34-22-25-16-18-26(19-17-25)27-13-7-8-14-28(27)31-37-39-40-38-31/h4-8,10-11,13-14,16-19,23,29,35,41H,9,12,15,20-22H2,1-3H3,(H,34,43)(H,36,42)(H,37,38,39,40). The van der Waals surface area contributed by atoms with Crippen molar-refractivity contribution in [1.82, 2.24) is 36.6 Å². The molecule has 10 heteroatoms. The summed E-state index contributed by atoms with van der Waals surface area (Å²) in [5, 5.41) is 33.2. The minimum absolute atomic E-state index is 0.176. The number of aliphatic hydroxyl groups excluding tert-OH is 1. The molecule has 10 nitrogen and oxygen atoms in total. The van der Waals surface area contributed by atoms with Crippen LogP contribution in [-0.2, 0) is 22.6 Å². The molecule has 226 valence electrons. The zero-order valence-electron chi connectivity index (χ0n) is 25.0. The number of rotatable bonds is 15. The molecule has 0 bridgehead atoms. The number of benzene rings is 3. The summed E-state index contributed by atoms with van der Waals surface area (Å²) < 4.78 is 0. The van der Waals surface area contributed by atoms with Crippen LogP contribution in [-0.4, -0.2) is 61.8 Å². The molecule has 0 aliphatic rings. The highest BCUT2D eigenvalue weighted by molar-refractivity contribution is 5.88. The molecule has 3 aromatic carbocycles. The fourth-order valence-electron chi connectivity index (χ4n) is 4.88. The van der Waals surface area contributed by atoms with E-state index in [0.29, 0.717) is 25.3 Å². The van der Waals surface area contributed by atoms with Gasteiger partial charge in [0.1, 0.15) is 6.04 Å². The van der Waals surface area contributed by atoms with Crippen molar-refractivity contribution in [3.8, 4) is 22.5 Å². The lowest BCUT2D eigenvalue weighted by Gasteiger charge is -2.28. The third kappa shape index (κ3) is 9.83. The molecule has 2 amide bonds. The quantitative estimate of drug-likeness (QED) is 0.143. The van der Waals surface area contributed by atoms with Crippen LogP contribution in [0.25, 0.3) is 22.5 Å². The van der Waals surface area contributed by atoms with Gasteiger partial charge >= 0.3 is 0 Å². The van der Waals surface area contributed by atoms with Gasteiger partial charge in [-0.15, -0.1) is 10.2 Å². The molecule has 2 atom stereocenters. The van der Waals surface area contributed by atoms with Crippen molar-refractivity contribution in [2.24, 2.45) is 0 Å². The van der Waals surface area contributed by atoms with Crippen LogP contribution in [0.15, 0.2) is 78.9 Å². The predicted molar refractivity (Wildman–Crippen MR) is 167 cm³/mol. The lowest BCUT2D eigenvalue weighted by molar-refractivity contribution is -0.130. The van der Waals surface area contributed by atoms with E-state index in [1.54, 1.807) is 6.92 Å². The minimum Gasteiger partial charge on any atom is -0.392 e. The zero-order valence-corrected chi connectivity index (χ0v) is 25.0. The van der Waals surface area contributed by atoms with E-state index in [4.69, 9.17) is 0 Å². The number of tetrazole rings is 1. The monoisotopic (exact) mass is 583 g/mol. The molecule has 4 rings (SSSR count). The Balaban J connectivity index is 1.38. The Bertz CT molecular complexity index is 1440. The first-order chi connectivity index (χ1) is 20.7. The minimum atomic E-state index is -0.662. The Morgan fingerprint density at radius 2 is 1.63 bits per heavy atom. The van der Waals surface area contributed by atoms with Gasteiger partial charge in [-0.1, -0.05) is 78.9 Å². The predicted octanol–water partition coefficient (Wildman–Crippen LogP) is 3.80. The van der Waals surface area contributed by atoms with Crippen LogP contribution >= 0.6 is 0 Å². The maximum atomic E-state index is 13.3. The summed E-state index contributed by atoms with van der Waals surface area (Å²) in [5.41, 5.74) is 4.44. The number of aromatic nitrogens is 4. The van der Waals surface area contributed by atoms with Crippen LogP contribution < -0.4 is 16.0 Å². The Morgan fingerprint density at radius 3 is 2.30 bits per heavy atom. The molecular weight excluding hydrogens is 542 g/mol. The number of hydrogen-bond donors (Lipinski definition) is 5. The van der Waals surface area contributed by atoms with Crippen molar-refractivity contribution < 1.29 is 14.7 Å². The number of carbonyl (C=O) groups excluding carboxylic acids is 2. The number of nitrogens with one attached hydrogen (secondary N) is 4. The second kappa shape index (κ2) is 15.2. The lowest BCUT2D eigenvalue weighted by Crippen LogP contribution is -2.51. The van der Waals surface area contributed by atoms with E-state index >= 15 is 0 Å². The second-order valence-electron chi connectivity index (χ2n) is 11.5. The zero-order chi connectivity index (χ0) is 30.7. The molecule has 2 unspecified atom stereocenters. The third-order valence-corrected chi connectivity index (χ3v) is 7.18. The highest BCUT2D eigenvalue weighted by Gasteiger charge is 2.26. The number of aryl methyl sites for hydroxylation is 1. The first-order valence-electron chi connectivity index (χ1n) is 14.7. The van der Waals surface area contributed by atoms with Gasteiger partial charge in [-0.25, -0.2) is 0 Å². The maximum Gasteiger partial charge on any atom is 0.242 e. The van der Waals surface area contributed by atoms with Gasteiger partial charge in [0, 0.05) is 30.6 Å². The molecular formula is C33H41N7O3. The van der Waals surface area contributed by atoms with Crippen LogP contribution in [0.1, 0.15) is 51.2 Å². The highest BCUT2D eigenvalue weighted by atomic mass is 16.3. The molecule has 0 radical (unpaired) electrons. The molecule has 0 saturated carbocycles. The molecule has 43 heavy (non-hydrogen) atoms. The number of β-amino-alcohol motifs (C(OH)–C–C–N with tert-alkyl or cyclic N) is 1. The number of H-pyrrole nitrogens is 1. The smallest absolute Gasteiger partial charge is 0.242 e. The van der Waals surface area contributed by atoms with Crippen LogP contribution in [0.3, 0.4) is 0 Å². The summed E-state index contributed by atoms with van der Waals surface area (Å²) in [6, 6.07) is 25.2. The Morgan fingerprint density at radius 1 is 0.930 bits per heavy atom. The van der Waals surface area contributed by atoms with Crippen molar-refractivity contribution in [3.63, 3.8) is 0 Å². The van der Waals surface area contributed by atoms with E-state index in [-0.39, 0.29) is 18.2 Å². The van der Waals surface area contributed by atoms with Crippen LogP contribution in [0.2, 0.25) is 0 Å². The second-order valence-corrected chi connectivity index (χ2v) is 11.5. The van der Waals surface area contributed by atoms with E-state index in [0.717, 1.165) is 35.1 Å². The summed E-state index contributed by atoms with van der Waals surface area (Å²) >= 11 is 0. The Hall–Kier alpha value is -4.41.